The van der Waals surface area contributed by atoms with Crippen LogP contribution in [0.3, 0.4) is 0 Å². The van der Waals surface area contributed by atoms with Gasteiger partial charge >= 0.3 is 0 Å². The highest BCUT2D eigenvalue weighted by Gasteiger charge is 1.67. The molecule has 2 heteroatoms. The average Bonchev–Trinajstić information content (AvgIpc) is 1.41. The highest BCUT2D eigenvalue weighted by atomic mass is 31.1. The number of hydrogen-bond donors (Lipinski definition) is 1. The highest BCUT2D eigenvalue weighted by molar-refractivity contribution is 7.35. The van der Waals surface area contributed by atoms with E-state index in [2.05, 4.69) is 6.92 Å². The van der Waals surface area contributed by atoms with Gasteiger partial charge in [0.1, 0.15) is 0 Å². The fraction of sp³-hybridized carbons (Fsp3) is 1.00. The summed E-state index contributed by atoms with van der Waals surface area (Å²) in [7, 11) is 0.658. The molecule has 32 valence electrons. The quantitative estimate of drug-likeness (QED) is 0.503. The van der Waals surface area contributed by atoms with Crippen LogP contribution in [0.4, 0.5) is 0 Å². The fourth-order valence-corrected chi connectivity index (χ4v) is 0.433. The van der Waals surface area contributed by atoms with Crippen molar-refractivity contribution in [3.63, 3.8) is 0 Å². The van der Waals surface area contributed by atoms with Crippen LogP contribution >= 0.6 is 8.73 Å². The monoisotopic (exact) mass is 91.1 g/mol. The van der Waals surface area contributed by atoms with Crippen LogP contribution in [0.2, 0.25) is 0 Å². The van der Waals surface area contributed by atoms with Crippen LogP contribution in [0, 0.1) is 0 Å². The van der Waals surface area contributed by atoms with Gasteiger partial charge in [0.15, 0.2) is 0 Å². The molecule has 1 unspecified atom stereocenters. The summed E-state index contributed by atoms with van der Waals surface area (Å²) in [6, 6.07) is 0. The molecule has 0 spiro atoms. The van der Waals surface area contributed by atoms with Crippen LogP contribution in [-0.4, -0.2) is 6.16 Å². The fourth-order valence-electron chi connectivity index (χ4n) is 0.144. The van der Waals surface area contributed by atoms with Crippen LogP contribution in [0.5, 0.6) is 0 Å². The van der Waals surface area contributed by atoms with E-state index in [1.54, 1.807) is 0 Å². The molecule has 1 nitrogen and oxygen atoms in total. The van der Waals surface area contributed by atoms with E-state index in [1.165, 1.54) is 12.6 Å². The van der Waals surface area contributed by atoms with Crippen molar-refractivity contribution in [2.75, 3.05) is 6.16 Å². The first-order chi connectivity index (χ1) is 2.41. The van der Waals surface area contributed by atoms with Gasteiger partial charge in [-0.2, -0.15) is 0 Å². The lowest BCUT2D eigenvalue weighted by Crippen LogP contribution is -1.75. The first-order valence-corrected chi connectivity index (χ1v) is 3.13. The number of hydrogen-bond acceptors (Lipinski definition) is 1. The van der Waals surface area contributed by atoms with Gasteiger partial charge in [-0.25, -0.2) is 0 Å². The Morgan fingerprint density at radius 1 is 1.80 bits per heavy atom. The normalized spacial score (nSPS) is 10.8. The van der Waals surface area contributed by atoms with E-state index in [1.807, 2.05) is 0 Å². The van der Waals surface area contributed by atoms with Crippen molar-refractivity contribution in [2.24, 2.45) is 5.50 Å². The largest absolute Gasteiger partial charge is 0.312 e. The van der Waals surface area contributed by atoms with Crippen molar-refractivity contribution in [3.8, 4) is 0 Å². The summed E-state index contributed by atoms with van der Waals surface area (Å²) < 4.78 is 0. The molecule has 0 bridgehead atoms. The SMILES string of the molecule is CCCPN. The third kappa shape index (κ3) is 4.39. The minimum atomic E-state index is 0.658. The molecule has 0 aliphatic rings. The molecule has 0 aromatic carbocycles. The molecule has 0 aliphatic heterocycles. The third-order valence-corrected chi connectivity index (χ3v) is 1.18. The Kier molecular flexibility index (Phi) is 4.73. The lowest BCUT2D eigenvalue weighted by Gasteiger charge is -1.80. The highest BCUT2D eigenvalue weighted by Crippen LogP contribution is 1.95. The molecular formula is C3H10NP. The number of rotatable bonds is 2. The maximum absolute atomic E-state index is 5.17. The lowest BCUT2D eigenvalue weighted by molar-refractivity contribution is 1.10. The summed E-state index contributed by atoms with van der Waals surface area (Å²) in [5.41, 5.74) is 5.17. The number of nitrogens with two attached hydrogens (primary N) is 1. The minimum Gasteiger partial charge on any atom is -0.312 e. The predicted molar refractivity (Wildman–Crippen MR) is 27.7 cm³/mol. The van der Waals surface area contributed by atoms with Gasteiger partial charge in [-0.15, -0.1) is 0 Å². The van der Waals surface area contributed by atoms with Crippen LogP contribution in [0.15, 0.2) is 0 Å². The zero-order valence-electron chi connectivity index (χ0n) is 3.49. The maximum Gasteiger partial charge on any atom is -0.0227 e. The van der Waals surface area contributed by atoms with Gasteiger partial charge in [0.25, 0.3) is 0 Å². The van der Waals surface area contributed by atoms with Crippen molar-refractivity contribution in [2.45, 2.75) is 13.3 Å². The van der Waals surface area contributed by atoms with Crippen LogP contribution in [0.25, 0.3) is 0 Å². The molecular weight excluding hydrogens is 81.0 g/mol. The molecule has 0 radical (unpaired) electrons. The molecule has 0 aromatic heterocycles. The molecule has 1 atom stereocenters. The smallest absolute Gasteiger partial charge is 0.0227 e. The van der Waals surface area contributed by atoms with Gasteiger partial charge in [-0.3, -0.25) is 0 Å². The second kappa shape index (κ2) is 4.39. The van der Waals surface area contributed by atoms with Crippen LogP contribution in [0.1, 0.15) is 13.3 Å². The Hall–Kier alpha value is 0.390. The van der Waals surface area contributed by atoms with E-state index >= 15 is 0 Å². The standard InChI is InChI=1S/C3H10NP/c1-2-3-5-4/h5H,2-4H2,1H3. The molecule has 0 aliphatic carbocycles. The average molecular weight is 91.1 g/mol. The van der Waals surface area contributed by atoms with Crippen molar-refractivity contribution in [3.05, 3.63) is 0 Å². The minimum absolute atomic E-state index is 0.658. The van der Waals surface area contributed by atoms with E-state index in [0.717, 1.165) is 0 Å². The first kappa shape index (κ1) is 5.39. The van der Waals surface area contributed by atoms with Gasteiger partial charge < -0.3 is 5.50 Å². The Balaban J connectivity index is 2.19. The topological polar surface area (TPSA) is 26.0 Å². The van der Waals surface area contributed by atoms with Crippen LogP contribution < -0.4 is 5.50 Å². The Labute approximate surface area is 34.8 Å². The van der Waals surface area contributed by atoms with Gasteiger partial charge in [0.05, 0.1) is 0 Å². The van der Waals surface area contributed by atoms with E-state index in [0.29, 0.717) is 8.73 Å². The van der Waals surface area contributed by atoms with E-state index in [4.69, 9.17) is 5.50 Å². The van der Waals surface area contributed by atoms with Crippen molar-refractivity contribution in [1.29, 1.82) is 0 Å². The van der Waals surface area contributed by atoms with E-state index < -0.39 is 0 Å². The molecule has 2 N–H and O–H groups in total. The van der Waals surface area contributed by atoms with Gasteiger partial charge in [-0.1, -0.05) is 22.1 Å². The second-order valence-electron chi connectivity index (χ2n) is 0.954. The summed E-state index contributed by atoms with van der Waals surface area (Å²) in [6.07, 6.45) is 2.43. The van der Waals surface area contributed by atoms with Crippen molar-refractivity contribution >= 4 is 8.73 Å². The van der Waals surface area contributed by atoms with E-state index in [-0.39, 0.29) is 0 Å². The van der Waals surface area contributed by atoms with Crippen LogP contribution in [-0.2, 0) is 0 Å². The second-order valence-corrected chi connectivity index (χ2v) is 1.86. The maximum atomic E-state index is 5.17. The molecule has 0 aromatic rings. The lowest BCUT2D eigenvalue weighted by atomic mass is 10.6. The molecule has 5 heavy (non-hydrogen) atoms. The molecule has 0 fully saturated rings. The zero-order chi connectivity index (χ0) is 4.12. The first-order valence-electron chi connectivity index (χ1n) is 1.85. The van der Waals surface area contributed by atoms with Gasteiger partial charge in [0.2, 0.25) is 0 Å². The van der Waals surface area contributed by atoms with Crippen molar-refractivity contribution in [1.82, 2.24) is 0 Å². The summed E-state index contributed by atoms with van der Waals surface area (Å²) >= 11 is 0. The van der Waals surface area contributed by atoms with E-state index in [9.17, 15) is 0 Å². The third-order valence-electron chi connectivity index (χ3n) is 0.394. The molecule has 0 rings (SSSR count). The van der Waals surface area contributed by atoms with Gasteiger partial charge in [-0.05, 0) is 6.16 Å². The summed E-state index contributed by atoms with van der Waals surface area (Å²) in [6.45, 7) is 2.14. The summed E-state index contributed by atoms with van der Waals surface area (Å²) in [5, 5.41) is 0. The van der Waals surface area contributed by atoms with Crippen molar-refractivity contribution < 1.29 is 0 Å². The Bertz CT molecular complexity index is 14.4. The Morgan fingerprint density at radius 2 is 2.40 bits per heavy atom. The van der Waals surface area contributed by atoms with Gasteiger partial charge in [0, 0.05) is 0 Å². The Morgan fingerprint density at radius 3 is 2.40 bits per heavy atom. The molecule has 0 saturated carbocycles. The molecule has 0 heterocycles. The molecule has 0 saturated heterocycles. The summed E-state index contributed by atoms with van der Waals surface area (Å²) in [5.74, 6) is 0. The predicted octanol–water partition coefficient (Wildman–Crippen LogP) is 0.949. The summed E-state index contributed by atoms with van der Waals surface area (Å²) in [4.78, 5) is 0. The molecule has 0 amide bonds. The zero-order valence-corrected chi connectivity index (χ0v) is 4.49.